The number of ether oxygens (including phenoxy) is 1. The molecule has 5 nitrogen and oxygen atoms in total. The first kappa shape index (κ1) is 14.9. The first-order valence-corrected chi connectivity index (χ1v) is 7.91. The van der Waals surface area contributed by atoms with E-state index in [-0.39, 0.29) is 5.75 Å². The molecule has 0 atom stereocenters. The summed E-state index contributed by atoms with van der Waals surface area (Å²) in [6.07, 6.45) is 2.40. The highest BCUT2D eigenvalue weighted by molar-refractivity contribution is 7.89. The zero-order chi connectivity index (χ0) is 12.7. The Balaban J connectivity index is 2.36. The summed E-state index contributed by atoms with van der Waals surface area (Å²) in [6, 6.07) is 0.477. The van der Waals surface area contributed by atoms with Gasteiger partial charge in [0, 0.05) is 32.8 Å². The lowest BCUT2D eigenvalue weighted by atomic mass is 10.1. The third kappa shape index (κ3) is 4.91. The van der Waals surface area contributed by atoms with Gasteiger partial charge in [-0.3, -0.25) is 0 Å². The van der Waals surface area contributed by atoms with Crippen molar-refractivity contribution < 1.29 is 13.2 Å². The van der Waals surface area contributed by atoms with Crippen LogP contribution in [0.4, 0.5) is 0 Å². The fourth-order valence-electron chi connectivity index (χ4n) is 2.14. The lowest BCUT2D eigenvalue weighted by Crippen LogP contribution is -2.45. The van der Waals surface area contributed by atoms with Gasteiger partial charge in [0.1, 0.15) is 0 Å². The molecule has 0 bridgehead atoms. The molecule has 6 heteroatoms. The number of hydrogen-bond donors (Lipinski definition) is 1. The quantitative estimate of drug-likeness (QED) is 0.677. The van der Waals surface area contributed by atoms with Gasteiger partial charge in [-0.2, -0.15) is 0 Å². The molecule has 1 fully saturated rings. The average molecular weight is 264 g/mol. The molecule has 102 valence electrons. The van der Waals surface area contributed by atoms with E-state index in [0.717, 1.165) is 19.4 Å². The van der Waals surface area contributed by atoms with Crippen molar-refractivity contribution in [2.45, 2.75) is 32.2 Å². The summed E-state index contributed by atoms with van der Waals surface area (Å²) in [4.78, 5) is 0. The van der Waals surface area contributed by atoms with E-state index < -0.39 is 10.0 Å². The summed E-state index contributed by atoms with van der Waals surface area (Å²) < 4.78 is 30.5. The predicted molar refractivity (Wildman–Crippen MR) is 68.6 cm³/mol. The standard InChI is InChI=1S/C11H24N2O3S/c1-3-12-11-5-7-13(8-6-11)17(14,15)10-4-9-16-2/h11-12H,3-10H2,1-2H3. The first-order chi connectivity index (χ1) is 8.10. The Morgan fingerprint density at radius 2 is 2.00 bits per heavy atom. The van der Waals surface area contributed by atoms with Crippen molar-refractivity contribution in [3.63, 3.8) is 0 Å². The van der Waals surface area contributed by atoms with Gasteiger partial charge in [-0.25, -0.2) is 12.7 Å². The SMILES string of the molecule is CCNC1CCN(S(=O)(=O)CCCOC)CC1. The highest BCUT2D eigenvalue weighted by atomic mass is 32.2. The van der Waals surface area contributed by atoms with E-state index in [1.165, 1.54) is 0 Å². The normalized spacial score (nSPS) is 19.6. The van der Waals surface area contributed by atoms with Crippen LogP contribution in [0.15, 0.2) is 0 Å². The van der Waals surface area contributed by atoms with Crippen LogP contribution in [0.1, 0.15) is 26.2 Å². The number of rotatable bonds is 7. The maximum Gasteiger partial charge on any atom is 0.214 e. The number of nitrogens with zero attached hydrogens (tertiary/aromatic N) is 1. The van der Waals surface area contributed by atoms with E-state index in [1.807, 2.05) is 0 Å². The molecule has 0 unspecified atom stereocenters. The minimum Gasteiger partial charge on any atom is -0.385 e. The number of methoxy groups -OCH3 is 1. The monoisotopic (exact) mass is 264 g/mol. The summed E-state index contributed by atoms with van der Waals surface area (Å²) >= 11 is 0. The molecule has 0 aromatic rings. The number of piperidine rings is 1. The van der Waals surface area contributed by atoms with Crippen molar-refractivity contribution in [1.29, 1.82) is 0 Å². The molecule has 1 saturated heterocycles. The summed E-state index contributed by atoms with van der Waals surface area (Å²) in [7, 11) is -1.48. The second-order valence-corrected chi connectivity index (χ2v) is 6.48. The van der Waals surface area contributed by atoms with Crippen LogP contribution in [0.5, 0.6) is 0 Å². The Bertz CT molecular complexity index is 298. The van der Waals surface area contributed by atoms with Gasteiger partial charge in [-0.05, 0) is 25.8 Å². The Morgan fingerprint density at radius 1 is 1.35 bits per heavy atom. The molecule has 0 aromatic carbocycles. The second-order valence-electron chi connectivity index (χ2n) is 4.39. The van der Waals surface area contributed by atoms with Gasteiger partial charge in [0.25, 0.3) is 0 Å². The van der Waals surface area contributed by atoms with Gasteiger partial charge in [-0.1, -0.05) is 6.92 Å². The third-order valence-electron chi connectivity index (χ3n) is 3.09. The molecular formula is C11H24N2O3S. The number of hydrogen-bond acceptors (Lipinski definition) is 4. The minimum atomic E-state index is -3.07. The second kappa shape index (κ2) is 7.31. The van der Waals surface area contributed by atoms with Crippen molar-refractivity contribution in [3.05, 3.63) is 0 Å². The molecule has 0 aromatic heterocycles. The highest BCUT2D eigenvalue weighted by Crippen LogP contribution is 2.14. The largest absolute Gasteiger partial charge is 0.385 e. The van der Waals surface area contributed by atoms with Crippen LogP contribution >= 0.6 is 0 Å². The van der Waals surface area contributed by atoms with Crippen molar-refractivity contribution in [1.82, 2.24) is 9.62 Å². The Morgan fingerprint density at radius 3 is 2.53 bits per heavy atom. The van der Waals surface area contributed by atoms with Crippen LogP contribution in [0.2, 0.25) is 0 Å². The lowest BCUT2D eigenvalue weighted by molar-refractivity contribution is 0.199. The summed E-state index contributed by atoms with van der Waals surface area (Å²) in [5.41, 5.74) is 0. The van der Waals surface area contributed by atoms with Crippen LogP contribution < -0.4 is 5.32 Å². The van der Waals surface area contributed by atoms with E-state index in [0.29, 0.717) is 32.2 Å². The van der Waals surface area contributed by atoms with Crippen LogP contribution in [0, 0.1) is 0 Å². The Labute approximate surface area is 105 Å². The van der Waals surface area contributed by atoms with E-state index in [2.05, 4.69) is 12.2 Å². The molecule has 0 radical (unpaired) electrons. The zero-order valence-corrected chi connectivity index (χ0v) is 11.6. The van der Waals surface area contributed by atoms with Gasteiger partial charge >= 0.3 is 0 Å². The van der Waals surface area contributed by atoms with Gasteiger partial charge in [-0.15, -0.1) is 0 Å². The van der Waals surface area contributed by atoms with Gasteiger partial charge < -0.3 is 10.1 Å². The highest BCUT2D eigenvalue weighted by Gasteiger charge is 2.26. The molecule has 1 aliphatic heterocycles. The fourth-order valence-corrected chi connectivity index (χ4v) is 3.65. The van der Waals surface area contributed by atoms with Crippen LogP contribution in [-0.4, -0.2) is 57.9 Å². The first-order valence-electron chi connectivity index (χ1n) is 6.30. The predicted octanol–water partition coefficient (Wildman–Crippen LogP) is 0.427. The maximum atomic E-state index is 12.0. The molecule has 1 rings (SSSR count). The smallest absolute Gasteiger partial charge is 0.214 e. The van der Waals surface area contributed by atoms with Crippen molar-refractivity contribution in [3.8, 4) is 0 Å². The van der Waals surface area contributed by atoms with Gasteiger partial charge in [0.15, 0.2) is 0 Å². The number of nitrogens with one attached hydrogen (secondary N) is 1. The molecule has 1 aliphatic rings. The molecule has 0 saturated carbocycles. The molecule has 1 heterocycles. The molecule has 0 amide bonds. The van der Waals surface area contributed by atoms with Crippen LogP contribution in [0.3, 0.4) is 0 Å². The number of sulfonamides is 1. The van der Waals surface area contributed by atoms with Crippen molar-refractivity contribution >= 4 is 10.0 Å². The van der Waals surface area contributed by atoms with Crippen LogP contribution in [-0.2, 0) is 14.8 Å². The zero-order valence-electron chi connectivity index (χ0n) is 10.8. The minimum absolute atomic E-state index is 0.201. The van der Waals surface area contributed by atoms with Crippen LogP contribution in [0.25, 0.3) is 0 Å². The Hall–Kier alpha value is -0.170. The fraction of sp³-hybridized carbons (Fsp3) is 1.00. The topological polar surface area (TPSA) is 58.6 Å². The van der Waals surface area contributed by atoms with Crippen molar-refractivity contribution in [2.24, 2.45) is 0 Å². The van der Waals surface area contributed by atoms with E-state index in [9.17, 15) is 8.42 Å². The molecule has 0 aliphatic carbocycles. The van der Waals surface area contributed by atoms with E-state index >= 15 is 0 Å². The maximum absolute atomic E-state index is 12.0. The Kier molecular flexibility index (Phi) is 6.40. The summed E-state index contributed by atoms with van der Waals surface area (Å²) in [6.45, 7) is 4.83. The third-order valence-corrected chi connectivity index (χ3v) is 5.05. The molecular weight excluding hydrogens is 240 g/mol. The lowest BCUT2D eigenvalue weighted by Gasteiger charge is -2.31. The van der Waals surface area contributed by atoms with Gasteiger partial charge in [0.2, 0.25) is 10.0 Å². The summed E-state index contributed by atoms with van der Waals surface area (Å²) in [5, 5.41) is 3.37. The van der Waals surface area contributed by atoms with E-state index in [4.69, 9.17) is 4.74 Å². The average Bonchev–Trinajstić information content (AvgIpc) is 2.30. The molecule has 0 spiro atoms. The van der Waals surface area contributed by atoms with E-state index in [1.54, 1.807) is 11.4 Å². The summed E-state index contributed by atoms with van der Waals surface area (Å²) in [5.74, 6) is 0.201. The molecule has 17 heavy (non-hydrogen) atoms. The molecule has 1 N–H and O–H groups in total. The van der Waals surface area contributed by atoms with Crippen molar-refractivity contribution in [2.75, 3.05) is 39.1 Å². The van der Waals surface area contributed by atoms with Gasteiger partial charge in [0.05, 0.1) is 5.75 Å².